The molecule has 1 aliphatic heterocycles. The summed E-state index contributed by atoms with van der Waals surface area (Å²) in [6.45, 7) is 9.23. The predicted octanol–water partition coefficient (Wildman–Crippen LogP) is 3.55. The molecule has 1 fully saturated rings. The molecule has 2 nitrogen and oxygen atoms in total. The van der Waals surface area contributed by atoms with Crippen LogP contribution in [0.1, 0.15) is 56.7 Å². The number of likely N-dealkylation sites (N-methyl/N-ethyl adjacent to an activating group) is 1. The second-order valence-corrected chi connectivity index (χ2v) is 6.12. The van der Waals surface area contributed by atoms with Crippen LogP contribution >= 0.6 is 0 Å². The molecule has 1 saturated heterocycles. The van der Waals surface area contributed by atoms with E-state index in [0.717, 1.165) is 0 Å². The van der Waals surface area contributed by atoms with E-state index >= 15 is 0 Å². The highest BCUT2D eigenvalue weighted by molar-refractivity contribution is 5.26. The summed E-state index contributed by atoms with van der Waals surface area (Å²) in [6, 6.07) is 10.4. The van der Waals surface area contributed by atoms with Gasteiger partial charge in [0.1, 0.15) is 0 Å². The topological polar surface area (TPSA) is 15.3 Å². The van der Waals surface area contributed by atoms with Gasteiger partial charge >= 0.3 is 0 Å². The van der Waals surface area contributed by atoms with E-state index < -0.39 is 0 Å². The highest BCUT2D eigenvalue weighted by Crippen LogP contribution is 2.25. The number of piperidine rings is 1. The molecule has 0 spiro atoms. The molecule has 2 heteroatoms. The van der Waals surface area contributed by atoms with Crippen LogP contribution in [0.4, 0.5) is 0 Å². The second-order valence-electron chi connectivity index (χ2n) is 6.12. The van der Waals surface area contributed by atoms with Crippen LogP contribution in [0.3, 0.4) is 0 Å². The van der Waals surface area contributed by atoms with Crippen LogP contribution < -0.4 is 5.32 Å². The Morgan fingerprint density at radius 1 is 1.11 bits per heavy atom. The van der Waals surface area contributed by atoms with Gasteiger partial charge in [0.25, 0.3) is 0 Å². The van der Waals surface area contributed by atoms with Crippen LogP contribution in [0, 0.1) is 0 Å². The average Bonchev–Trinajstić information content (AvgIpc) is 2.46. The zero-order valence-corrected chi connectivity index (χ0v) is 12.8. The third-order valence-electron chi connectivity index (χ3n) is 4.49. The molecule has 0 aromatic heterocycles. The largest absolute Gasteiger partial charge is 0.316 e. The van der Waals surface area contributed by atoms with Gasteiger partial charge in [0.2, 0.25) is 0 Å². The van der Waals surface area contributed by atoms with Gasteiger partial charge in [-0.1, -0.05) is 38.1 Å². The summed E-state index contributed by atoms with van der Waals surface area (Å²) >= 11 is 0. The van der Waals surface area contributed by atoms with Crippen LogP contribution in [0.2, 0.25) is 0 Å². The number of nitrogens with one attached hydrogen (secondary N) is 1. The van der Waals surface area contributed by atoms with Crippen LogP contribution in [0.15, 0.2) is 24.3 Å². The van der Waals surface area contributed by atoms with Crippen LogP contribution in [-0.4, -0.2) is 31.1 Å². The van der Waals surface area contributed by atoms with Gasteiger partial charge in [-0.15, -0.1) is 0 Å². The highest BCUT2D eigenvalue weighted by Gasteiger charge is 2.23. The van der Waals surface area contributed by atoms with E-state index in [0.29, 0.717) is 18.0 Å². The summed E-state index contributed by atoms with van der Waals surface area (Å²) in [5.74, 6) is 0.619. The first-order valence-corrected chi connectivity index (χ1v) is 7.63. The van der Waals surface area contributed by atoms with E-state index in [1.807, 2.05) is 0 Å². The molecule has 0 radical (unpaired) electrons. The molecule has 2 atom stereocenters. The smallest absolute Gasteiger partial charge is 0.0320 e. The Morgan fingerprint density at radius 3 is 2.32 bits per heavy atom. The van der Waals surface area contributed by atoms with Crippen LogP contribution in [0.25, 0.3) is 0 Å². The van der Waals surface area contributed by atoms with Gasteiger partial charge in [0, 0.05) is 18.6 Å². The third-order valence-corrected chi connectivity index (χ3v) is 4.49. The molecule has 1 aromatic carbocycles. The number of nitrogens with zero attached hydrogens (tertiary/aromatic N) is 1. The normalized spacial score (nSPS) is 22.7. The maximum Gasteiger partial charge on any atom is 0.0320 e. The molecule has 2 rings (SSSR count). The van der Waals surface area contributed by atoms with Crippen molar-refractivity contribution in [1.82, 2.24) is 10.2 Å². The van der Waals surface area contributed by atoms with Gasteiger partial charge in [-0.2, -0.15) is 0 Å². The van der Waals surface area contributed by atoms with E-state index in [4.69, 9.17) is 0 Å². The first kappa shape index (κ1) is 14.5. The fraction of sp³-hybridized carbons (Fsp3) is 0.647. The van der Waals surface area contributed by atoms with E-state index in [1.54, 1.807) is 0 Å². The van der Waals surface area contributed by atoms with Gasteiger partial charge in [0.05, 0.1) is 0 Å². The van der Waals surface area contributed by atoms with E-state index in [1.165, 1.54) is 37.1 Å². The van der Waals surface area contributed by atoms with Gasteiger partial charge in [-0.3, -0.25) is 4.90 Å². The van der Waals surface area contributed by atoms with Crippen molar-refractivity contribution in [2.24, 2.45) is 0 Å². The minimum absolute atomic E-state index is 0.525. The molecule has 1 heterocycles. The molecule has 0 bridgehead atoms. The first-order valence-electron chi connectivity index (χ1n) is 7.63. The van der Waals surface area contributed by atoms with Gasteiger partial charge in [0.15, 0.2) is 0 Å². The number of benzene rings is 1. The van der Waals surface area contributed by atoms with Crippen molar-refractivity contribution in [3.8, 4) is 0 Å². The summed E-state index contributed by atoms with van der Waals surface area (Å²) in [5.41, 5.74) is 2.88. The Hall–Kier alpha value is -0.860. The second kappa shape index (κ2) is 6.53. The standard InChI is InChI=1S/C17H28N2/c1-13(2)15-7-9-16(10-8-15)14(3)19-11-5-6-17(12-19)18-4/h7-10,13-14,17-18H,5-6,11-12H2,1-4H3. The minimum Gasteiger partial charge on any atom is -0.316 e. The van der Waals surface area contributed by atoms with Crippen molar-refractivity contribution >= 4 is 0 Å². The molecule has 1 aromatic rings. The van der Waals surface area contributed by atoms with Gasteiger partial charge < -0.3 is 5.32 Å². The molecule has 19 heavy (non-hydrogen) atoms. The van der Waals surface area contributed by atoms with Gasteiger partial charge in [-0.05, 0) is 50.4 Å². The van der Waals surface area contributed by atoms with Crippen molar-refractivity contribution in [3.63, 3.8) is 0 Å². The van der Waals surface area contributed by atoms with Crippen LogP contribution in [-0.2, 0) is 0 Å². The van der Waals surface area contributed by atoms with Crippen molar-refractivity contribution in [1.29, 1.82) is 0 Å². The summed E-state index contributed by atoms with van der Waals surface area (Å²) in [6.07, 6.45) is 2.62. The van der Waals surface area contributed by atoms with Crippen molar-refractivity contribution in [3.05, 3.63) is 35.4 Å². The number of hydrogen-bond donors (Lipinski definition) is 1. The summed E-state index contributed by atoms with van der Waals surface area (Å²) in [7, 11) is 2.08. The Labute approximate surface area is 118 Å². The summed E-state index contributed by atoms with van der Waals surface area (Å²) in [5, 5.41) is 3.42. The van der Waals surface area contributed by atoms with Crippen molar-refractivity contribution in [2.45, 2.75) is 51.6 Å². The molecular weight excluding hydrogens is 232 g/mol. The van der Waals surface area contributed by atoms with Crippen LogP contribution in [0.5, 0.6) is 0 Å². The van der Waals surface area contributed by atoms with E-state index in [-0.39, 0.29) is 0 Å². The fourth-order valence-electron chi connectivity index (χ4n) is 2.96. The Balaban J connectivity index is 2.04. The van der Waals surface area contributed by atoms with E-state index in [9.17, 15) is 0 Å². The summed E-state index contributed by atoms with van der Waals surface area (Å²) in [4.78, 5) is 2.61. The maximum absolute atomic E-state index is 3.42. The SMILES string of the molecule is CNC1CCCN(C(C)c2ccc(C(C)C)cc2)C1. The predicted molar refractivity (Wildman–Crippen MR) is 82.6 cm³/mol. The lowest BCUT2D eigenvalue weighted by Gasteiger charge is -2.37. The molecular formula is C17H28N2. The fourth-order valence-corrected chi connectivity index (χ4v) is 2.96. The minimum atomic E-state index is 0.525. The quantitative estimate of drug-likeness (QED) is 0.890. The summed E-state index contributed by atoms with van der Waals surface area (Å²) < 4.78 is 0. The molecule has 0 amide bonds. The zero-order valence-electron chi connectivity index (χ0n) is 12.8. The molecule has 0 saturated carbocycles. The lowest BCUT2D eigenvalue weighted by Crippen LogP contribution is -2.45. The highest BCUT2D eigenvalue weighted by atomic mass is 15.2. The van der Waals surface area contributed by atoms with Gasteiger partial charge in [-0.25, -0.2) is 0 Å². The molecule has 0 aliphatic carbocycles. The Morgan fingerprint density at radius 2 is 1.74 bits per heavy atom. The lowest BCUT2D eigenvalue weighted by molar-refractivity contribution is 0.149. The van der Waals surface area contributed by atoms with E-state index in [2.05, 4.69) is 62.3 Å². The number of likely N-dealkylation sites (tertiary alicyclic amines) is 1. The first-order chi connectivity index (χ1) is 9.11. The Bertz CT molecular complexity index is 383. The molecule has 106 valence electrons. The molecule has 1 aliphatic rings. The zero-order chi connectivity index (χ0) is 13.8. The third kappa shape index (κ3) is 3.58. The number of hydrogen-bond acceptors (Lipinski definition) is 2. The average molecular weight is 260 g/mol. The lowest BCUT2D eigenvalue weighted by atomic mass is 9.97. The monoisotopic (exact) mass is 260 g/mol. The molecule has 2 unspecified atom stereocenters. The van der Waals surface area contributed by atoms with Crippen molar-refractivity contribution in [2.75, 3.05) is 20.1 Å². The Kier molecular flexibility index (Phi) is 5.00. The molecule has 1 N–H and O–H groups in total. The van der Waals surface area contributed by atoms with Crippen molar-refractivity contribution < 1.29 is 0 Å². The maximum atomic E-state index is 3.42. The number of rotatable bonds is 4.